The van der Waals surface area contributed by atoms with E-state index in [1.54, 1.807) is 31.9 Å². The molecule has 1 N–H and O–H groups in total. The summed E-state index contributed by atoms with van der Waals surface area (Å²) < 4.78 is 5.31. The smallest absolute Gasteiger partial charge is 0.248 e. The second kappa shape index (κ2) is 4.72. The first-order valence-corrected chi connectivity index (χ1v) is 6.50. The minimum absolute atomic E-state index is 0.0568. The molecule has 0 spiro atoms. The van der Waals surface area contributed by atoms with Crippen LogP contribution in [0.5, 0.6) is 0 Å². The molecule has 0 saturated carbocycles. The molecule has 2 unspecified atom stereocenters. The van der Waals surface area contributed by atoms with Crippen molar-refractivity contribution in [3.05, 3.63) is 24.2 Å². The maximum atomic E-state index is 12.5. The molecule has 1 saturated heterocycles. The Kier molecular flexibility index (Phi) is 3.39. The van der Waals surface area contributed by atoms with Crippen LogP contribution in [0.4, 0.5) is 0 Å². The molecule has 2 amide bonds. The number of carbonyl (C=O) groups is 2. The first kappa shape index (κ1) is 13.6. The third kappa shape index (κ3) is 2.50. The van der Waals surface area contributed by atoms with Crippen LogP contribution in [0.15, 0.2) is 22.8 Å². The lowest BCUT2D eigenvalue weighted by Gasteiger charge is -2.44. The Hall–Kier alpha value is -1.78. The van der Waals surface area contributed by atoms with Crippen molar-refractivity contribution >= 4 is 11.8 Å². The quantitative estimate of drug-likeness (QED) is 0.896. The fraction of sp³-hybridized carbons (Fsp3) is 0.571. The molecule has 19 heavy (non-hydrogen) atoms. The minimum Gasteiger partial charge on any atom is -0.469 e. The van der Waals surface area contributed by atoms with Gasteiger partial charge in [-0.3, -0.25) is 9.59 Å². The van der Waals surface area contributed by atoms with Gasteiger partial charge in [-0.05, 0) is 39.8 Å². The van der Waals surface area contributed by atoms with Crippen LogP contribution < -0.4 is 5.32 Å². The number of hydrogen-bond acceptors (Lipinski definition) is 3. The average Bonchev–Trinajstić information content (AvgIpc) is 2.79. The number of furan rings is 1. The summed E-state index contributed by atoms with van der Waals surface area (Å²) in [5.41, 5.74) is -0.846. The van der Waals surface area contributed by atoms with Crippen molar-refractivity contribution < 1.29 is 14.0 Å². The van der Waals surface area contributed by atoms with E-state index >= 15 is 0 Å². The lowest BCUT2D eigenvalue weighted by atomic mass is 9.95. The van der Waals surface area contributed by atoms with E-state index in [1.807, 2.05) is 19.1 Å². The Morgan fingerprint density at radius 3 is 2.74 bits per heavy atom. The zero-order valence-corrected chi connectivity index (χ0v) is 11.8. The van der Waals surface area contributed by atoms with Gasteiger partial charge in [0.1, 0.15) is 17.3 Å². The second-order valence-electron chi connectivity index (χ2n) is 5.64. The van der Waals surface area contributed by atoms with Gasteiger partial charge in [-0.15, -0.1) is 0 Å². The maximum Gasteiger partial charge on any atom is 0.248 e. The van der Waals surface area contributed by atoms with E-state index in [1.165, 1.54) is 0 Å². The third-order valence-electron chi connectivity index (χ3n) is 3.55. The number of piperazine rings is 1. The van der Waals surface area contributed by atoms with Gasteiger partial charge < -0.3 is 14.6 Å². The predicted octanol–water partition coefficient (Wildman–Crippen LogP) is 1.34. The van der Waals surface area contributed by atoms with Gasteiger partial charge in [0, 0.05) is 12.5 Å². The lowest BCUT2D eigenvalue weighted by molar-refractivity contribution is -0.155. The van der Waals surface area contributed by atoms with Crippen LogP contribution in [0.3, 0.4) is 0 Å². The van der Waals surface area contributed by atoms with E-state index in [0.717, 1.165) is 5.76 Å². The molecule has 2 rings (SSSR count). The fourth-order valence-electron chi connectivity index (χ4n) is 2.49. The standard InChI is InChI=1S/C14H20N2O3/c1-9(8-11-6-5-7-19-11)16-10(2)12(17)15-14(3,4)13(16)18/h5-7,9-10H,8H2,1-4H3,(H,15,17). The molecule has 2 heterocycles. The summed E-state index contributed by atoms with van der Waals surface area (Å²) in [4.78, 5) is 26.1. The summed E-state index contributed by atoms with van der Waals surface area (Å²) in [7, 11) is 0. The Balaban J connectivity index is 2.20. The second-order valence-corrected chi connectivity index (χ2v) is 5.64. The molecule has 1 aromatic rings. The van der Waals surface area contributed by atoms with Gasteiger partial charge in [0.2, 0.25) is 11.8 Å². The zero-order valence-electron chi connectivity index (χ0n) is 11.8. The van der Waals surface area contributed by atoms with Crippen molar-refractivity contribution in [1.29, 1.82) is 0 Å². The van der Waals surface area contributed by atoms with Crippen LogP contribution in [-0.2, 0) is 16.0 Å². The molecule has 0 bridgehead atoms. The topological polar surface area (TPSA) is 62.6 Å². The molecule has 5 nitrogen and oxygen atoms in total. The fourth-order valence-corrected chi connectivity index (χ4v) is 2.49. The Labute approximate surface area is 113 Å². The molecule has 5 heteroatoms. The summed E-state index contributed by atoms with van der Waals surface area (Å²) in [5, 5.41) is 2.75. The molecule has 0 aliphatic carbocycles. The van der Waals surface area contributed by atoms with Crippen molar-refractivity contribution in [2.24, 2.45) is 0 Å². The van der Waals surface area contributed by atoms with Crippen LogP contribution in [0.25, 0.3) is 0 Å². The first-order valence-electron chi connectivity index (χ1n) is 6.50. The van der Waals surface area contributed by atoms with E-state index in [-0.39, 0.29) is 17.9 Å². The van der Waals surface area contributed by atoms with Gasteiger partial charge in [-0.2, -0.15) is 0 Å². The molecule has 0 radical (unpaired) electrons. The number of hydrogen-bond donors (Lipinski definition) is 1. The van der Waals surface area contributed by atoms with Crippen LogP contribution in [0.2, 0.25) is 0 Å². The van der Waals surface area contributed by atoms with Crippen molar-refractivity contribution in [3.63, 3.8) is 0 Å². The highest BCUT2D eigenvalue weighted by Crippen LogP contribution is 2.22. The van der Waals surface area contributed by atoms with Crippen LogP contribution in [-0.4, -0.2) is 34.3 Å². The molecule has 1 aliphatic rings. The Bertz CT molecular complexity index is 479. The summed E-state index contributed by atoms with van der Waals surface area (Å²) in [6.45, 7) is 7.14. The molecule has 1 fully saturated rings. The summed E-state index contributed by atoms with van der Waals surface area (Å²) in [6, 6.07) is 3.16. The first-order chi connectivity index (χ1) is 8.83. The van der Waals surface area contributed by atoms with Crippen molar-refractivity contribution in [2.75, 3.05) is 0 Å². The van der Waals surface area contributed by atoms with Crippen LogP contribution in [0.1, 0.15) is 33.5 Å². The Morgan fingerprint density at radius 1 is 1.47 bits per heavy atom. The van der Waals surface area contributed by atoms with Crippen molar-refractivity contribution in [2.45, 2.75) is 51.7 Å². The molecule has 2 atom stereocenters. The highest BCUT2D eigenvalue weighted by atomic mass is 16.3. The molecule has 1 aliphatic heterocycles. The minimum atomic E-state index is -0.846. The monoisotopic (exact) mass is 264 g/mol. The van der Waals surface area contributed by atoms with Gasteiger partial charge in [0.05, 0.1) is 6.26 Å². The predicted molar refractivity (Wildman–Crippen MR) is 70.4 cm³/mol. The van der Waals surface area contributed by atoms with Gasteiger partial charge in [-0.1, -0.05) is 0 Å². The largest absolute Gasteiger partial charge is 0.469 e. The van der Waals surface area contributed by atoms with Crippen molar-refractivity contribution in [1.82, 2.24) is 10.2 Å². The SMILES string of the molecule is CC(Cc1ccco1)N1C(=O)C(C)(C)NC(=O)C1C. The van der Waals surface area contributed by atoms with E-state index in [0.29, 0.717) is 6.42 Å². The van der Waals surface area contributed by atoms with E-state index in [9.17, 15) is 9.59 Å². The summed E-state index contributed by atoms with van der Waals surface area (Å²) in [6.07, 6.45) is 2.21. The van der Waals surface area contributed by atoms with Gasteiger partial charge in [-0.25, -0.2) is 0 Å². The number of carbonyl (C=O) groups excluding carboxylic acids is 2. The van der Waals surface area contributed by atoms with E-state index in [2.05, 4.69) is 5.32 Å². The average molecular weight is 264 g/mol. The third-order valence-corrected chi connectivity index (χ3v) is 3.55. The van der Waals surface area contributed by atoms with Gasteiger partial charge in [0.25, 0.3) is 0 Å². The van der Waals surface area contributed by atoms with Gasteiger partial charge in [0.15, 0.2) is 0 Å². The summed E-state index contributed by atoms with van der Waals surface area (Å²) in [5.74, 6) is 0.644. The van der Waals surface area contributed by atoms with Gasteiger partial charge >= 0.3 is 0 Å². The maximum absolute atomic E-state index is 12.5. The molecule has 104 valence electrons. The normalized spacial score (nSPS) is 24.2. The van der Waals surface area contributed by atoms with Crippen molar-refractivity contribution in [3.8, 4) is 0 Å². The molecular formula is C14H20N2O3. The highest BCUT2D eigenvalue weighted by Gasteiger charge is 2.45. The number of amides is 2. The number of nitrogens with zero attached hydrogens (tertiary/aromatic N) is 1. The zero-order chi connectivity index (χ0) is 14.2. The highest BCUT2D eigenvalue weighted by molar-refractivity contribution is 5.99. The number of rotatable bonds is 3. The van der Waals surface area contributed by atoms with Crippen LogP contribution >= 0.6 is 0 Å². The molecular weight excluding hydrogens is 244 g/mol. The van der Waals surface area contributed by atoms with E-state index < -0.39 is 11.6 Å². The molecule has 1 aromatic heterocycles. The van der Waals surface area contributed by atoms with E-state index in [4.69, 9.17) is 4.42 Å². The molecule has 0 aromatic carbocycles. The Morgan fingerprint density at radius 2 is 2.16 bits per heavy atom. The van der Waals surface area contributed by atoms with Crippen LogP contribution in [0, 0.1) is 0 Å². The number of nitrogens with one attached hydrogen (secondary N) is 1. The lowest BCUT2D eigenvalue weighted by Crippen LogP contribution is -2.69. The summed E-state index contributed by atoms with van der Waals surface area (Å²) >= 11 is 0.